The summed E-state index contributed by atoms with van der Waals surface area (Å²) in [5.74, 6) is 0.574. The van der Waals surface area contributed by atoms with Gasteiger partial charge in [0.05, 0.1) is 0 Å². The third kappa shape index (κ3) is 8.36. The first-order valence-corrected chi connectivity index (χ1v) is 17.9. The van der Waals surface area contributed by atoms with Crippen LogP contribution >= 0.6 is 0 Å². The zero-order chi connectivity index (χ0) is 23.2. The van der Waals surface area contributed by atoms with Crippen LogP contribution in [0, 0.1) is 5.92 Å². The molecule has 0 fully saturated rings. The van der Waals surface area contributed by atoms with E-state index in [1.165, 1.54) is 17.7 Å². The van der Waals surface area contributed by atoms with Crippen molar-refractivity contribution in [2.45, 2.75) is 117 Å². The molecule has 1 unspecified atom stereocenters. The lowest BCUT2D eigenvalue weighted by Gasteiger charge is -2.36. The molecule has 0 amide bonds. The summed E-state index contributed by atoms with van der Waals surface area (Å²) in [4.78, 5) is 4.85. The van der Waals surface area contributed by atoms with E-state index < -0.39 is 16.6 Å². The highest BCUT2D eigenvalue weighted by Crippen LogP contribution is 2.37. The van der Waals surface area contributed by atoms with Gasteiger partial charge >= 0.3 is 0 Å². The number of hydrogen-bond acceptors (Lipinski definition) is 3. The van der Waals surface area contributed by atoms with Crippen molar-refractivity contribution in [3.05, 3.63) is 11.6 Å². The average Bonchev–Trinajstić information content (AvgIpc) is 2.92. The molecule has 0 saturated heterocycles. The molecule has 176 valence electrons. The van der Waals surface area contributed by atoms with Crippen molar-refractivity contribution in [1.82, 2.24) is 0 Å². The standard InChI is InChI=1S/C25H51NO2Si2/c1-21-20-26-23(17-13-15-19-28-30(10,11)25(5,6)7)22(21)16-12-14-18-27-29(8,9)24(2,3)4/h16,21H,12-15,17-20H2,1-11H3/b22-16-. The largest absolute Gasteiger partial charge is 0.417 e. The van der Waals surface area contributed by atoms with Gasteiger partial charge < -0.3 is 8.85 Å². The minimum absolute atomic E-state index is 0.291. The van der Waals surface area contributed by atoms with Crippen LogP contribution in [0.5, 0.6) is 0 Å². The van der Waals surface area contributed by atoms with Crippen LogP contribution in [0.4, 0.5) is 0 Å². The van der Waals surface area contributed by atoms with Gasteiger partial charge in [-0.15, -0.1) is 0 Å². The Labute approximate surface area is 190 Å². The molecule has 0 aromatic carbocycles. The van der Waals surface area contributed by atoms with Crippen LogP contribution in [0.25, 0.3) is 0 Å². The van der Waals surface area contributed by atoms with E-state index in [2.05, 4.69) is 80.7 Å². The summed E-state index contributed by atoms with van der Waals surface area (Å²) in [5.41, 5.74) is 2.84. The van der Waals surface area contributed by atoms with Gasteiger partial charge in [-0.2, -0.15) is 0 Å². The average molecular weight is 454 g/mol. The van der Waals surface area contributed by atoms with Gasteiger partial charge in [0.15, 0.2) is 16.6 Å². The lowest BCUT2D eigenvalue weighted by atomic mass is 9.95. The fourth-order valence-electron chi connectivity index (χ4n) is 3.09. The van der Waals surface area contributed by atoms with Crippen molar-refractivity contribution in [2.75, 3.05) is 19.8 Å². The van der Waals surface area contributed by atoms with Gasteiger partial charge in [0.25, 0.3) is 0 Å². The molecular weight excluding hydrogens is 402 g/mol. The van der Waals surface area contributed by atoms with E-state index >= 15 is 0 Å². The van der Waals surface area contributed by atoms with Crippen molar-refractivity contribution < 1.29 is 8.85 Å². The van der Waals surface area contributed by atoms with Gasteiger partial charge in [0.1, 0.15) is 0 Å². The van der Waals surface area contributed by atoms with E-state index in [4.69, 9.17) is 13.8 Å². The van der Waals surface area contributed by atoms with Crippen LogP contribution in [0.1, 0.15) is 80.6 Å². The Morgan fingerprint density at radius 2 is 1.37 bits per heavy atom. The van der Waals surface area contributed by atoms with Crippen LogP contribution in [-0.2, 0) is 8.85 Å². The Hall–Kier alpha value is -0.236. The van der Waals surface area contributed by atoms with Crippen molar-refractivity contribution in [2.24, 2.45) is 10.9 Å². The number of unbranched alkanes of at least 4 members (excludes halogenated alkanes) is 2. The summed E-state index contributed by atoms with van der Waals surface area (Å²) >= 11 is 0. The topological polar surface area (TPSA) is 30.8 Å². The van der Waals surface area contributed by atoms with E-state index in [0.717, 1.165) is 45.4 Å². The minimum Gasteiger partial charge on any atom is -0.417 e. The predicted molar refractivity (Wildman–Crippen MR) is 139 cm³/mol. The summed E-state index contributed by atoms with van der Waals surface area (Å²) in [6.07, 6.45) is 8.05. The normalized spacial score (nSPS) is 20.2. The van der Waals surface area contributed by atoms with Gasteiger partial charge in [0, 0.05) is 31.4 Å². The number of hydrogen-bond donors (Lipinski definition) is 0. The summed E-state index contributed by atoms with van der Waals surface area (Å²) < 4.78 is 12.6. The van der Waals surface area contributed by atoms with Crippen molar-refractivity contribution in [3.8, 4) is 0 Å². The van der Waals surface area contributed by atoms with Gasteiger partial charge in [-0.05, 0) is 73.9 Å². The maximum absolute atomic E-state index is 6.32. The summed E-state index contributed by atoms with van der Waals surface area (Å²) in [6, 6.07) is 0. The Morgan fingerprint density at radius 3 is 1.87 bits per heavy atom. The monoisotopic (exact) mass is 453 g/mol. The van der Waals surface area contributed by atoms with E-state index in [1.54, 1.807) is 0 Å². The molecule has 1 rings (SSSR count). The van der Waals surface area contributed by atoms with Crippen molar-refractivity contribution in [1.29, 1.82) is 0 Å². The number of aliphatic imine (C=N–C) groups is 1. The second kappa shape index (κ2) is 11.1. The summed E-state index contributed by atoms with van der Waals surface area (Å²) in [6.45, 7) is 28.2. The Balaban J connectivity index is 2.39. The molecule has 1 atom stereocenters. The molecule has 3 nitrogen and oxygen atoms in total. The first-order valence-electron chi connectivity index (χ1n) is 12.1. The first-order chi connectivity index (χ1) is 13.6. The van der Waals surface area contributed by atoms with Crippen molar-refractivity contribution in [3.63, 3.8) is 0 Å². The molecule has 0 spiro atoms. The molecule has 0 aliphatic carbocycles. The molecule has 30 heavy (non-hydrogen) atoms. The van der Waals surface area contributed by atoms with Crippen LogP contribution in [-0.4, -0.2) is 42.1 Å². The highest BCUT2D eigenvalue weighted by atomic mass is 28.4. The highest BCUT2D eigenvalue weighted by Gasteiger charge is 2.37. The summed E-state index contributed by atoms with van der Waals surface area (Å²) in [5, 5.41) is 0.585. The quantitative estimate of drug-likeness (QED) is 0.234. The van der Waals surface area contributed by atoms with Gasteiger partial charge in [0.2, 0.25) is 0 Å². The third-order valence-electron chi connectivity index (χ3n) is 7.48. The maximum atomic E-state index is 6.32. The molecule has 1 aliphatic rings. The fraction of sp³-hybridized carbons (Fsp3) is 0.880. The molecule has 0 bridgehead atoms. The smallest absolute Gasteiger partial charge is 0.191 e. The molecule has 1 heterocycles. The van der Waals surface area contributed by atoms with E-state index in [-0.39, 0.29) is 0 Å². The first kappa shape index (κ1) is 27.8. The maximum Gasteiger partial charge on any atom is 0.191 e. The zero-order valence-electron chi connectivity index (χ0n) is 22.1. The van der Waals surface area contributed by atoms with Gasteiger partial charge in [-0.1, -0.05) is 54.5 Å². The molecule has 0 aromatic heterocycles. The zero-order valence-corrected chi connectivity index (χ0v) is 24.1. The van der Waals surface area contributed by atoms with E-state index in [9.17, 15) is 0 Å². The SMILES string of the molecule is CC1CN=C(CCCCO[Si](C)(C)C(C)(C)C)/C1=C\CCCO[Si](C)(C)C(C)(C)C. The third-order valence-corrected chi connectivity index (χ3v) is 16.6. The molecule has 0 aromatic rings. The lowest BCUT2D eigenvalue weighted by Crippen LogP contribution is -2.40. The molecule has 0 saturated carbocycles. The van der Waals surface area contributed by atoms with Crippen LogP contribution < -0.4 is 0 Å². The van der Waals surface area contributed by atoms with Gasteiger partial charge in [-0.3, -0.25) is 4.99 Å². The number of nitrogens with zero attached hydrogens (tertiary/aromatic N) is 1. The molecular formula is C25H51NO2Si2. The molecule has 5 heteroatoms. The molecule has 0 radical (unpaired) electrons. The fourth-order valence-corrected chi connectivity index (χ4v) is 5.26. The second-order valence-electron chi connectivity index (χ2n) is 12.2. The Kier molecular flexibility index (Phi) is 10.3. The minimum atomic E-state index is -1.62. The van der Waals surface area contributed by atoms with E-state index in [1.807, 2.05) is 0 Å². The molecule has 0 N–H and O–H groups in total. The predicted octanol–water partition coefficient (Wildman–Crippen LogP) is 8.00. The Bertz CT molecular complexity index is 595. The van der Waals surface area contributed by atoms with Crippen molar-refractivity contribution >= 4 is 22.3 Å². The van der Waals surface area contributed by atoms with Crippen LogP contribution in [0.3, 0.4) is 0 Å². The van der Waals surface area contributed by atoms with E-state index in [0.29, 0.717) is 16.0 Å². The van der Waals surface area contributed by atoms with Gasteiger partial charge in [-0.25, -0.2) is 0 Å². The number of allylic oxidation sites excluding steroid dienone is 1. The number of rotatable bonds is 11. The Morgan fingerprint density at radius 1 is 0.867 bits per heavy atom. The molecule has 1 aliphatic heterocycles. The second-order valence-corrected chi connectivity index (χ2v) is 21.8. The van der Waals surface area contributed by atoms with Crippen LogP contribution in [0.15, 0.2) is 16.6 Å². The lowest BCUT2D eigenvalue weighted by molar-refractivity contribution is 0.280. The summed E-state index contributed by atoms with van der Waals surface area (Å²) in [7, 11) is -3.23. The highest BCUT2D eigenvalue weighted by molar-refractivity contribution is 6.74. The van der Waals surface area contributed by atoms with Crippen LogP contribution in [0.2, 0.25) is 36.3 Å².